The summed E-state index contributed by atoms with van der Waals surface area (Å²) in [6.45, 7) is 0. The Kier molecular flexibility index (Phi) is 2.14. The van der Waals surface area contributed by atoms with Gasteiger partial charge >= 0.3 is 0 Å². The number of hydrogen-bond acceptors (Lipinski definition) is 4. The number of pyridine rings is 1. The molecule has 0 radical (unpaired) electrons. The van der Waals surface area contributed by atoms with E-state index in [2.05, 4.69) is 4.98 Å². The Bertz CT molecular complexity index is 557. The number of aromatic nitrogens is 1. The van der Waals surface area contributed by atoms with E-state index < -0.39 is 0 Å². The number of hydrogen-bond donors (Lipinski definition) is 1. The average molecular weight is 199 g/mol. The molecule has 4 heteroatoms. The molecule has 0 bridgehead atoms. The molecule has 2 aromatic rings. The number of anilines is 1. The fourth-order valence-electron chi connectivity index (χ4n) is 1.47. The van der Waals surface area contributed by atoms with Crippen molar-refractivity contribution in [3.63, 3.8) is 0 Å². The second kappa shape index (κ2) is 3.46. The van der Waals surface area contributed by atoms with Gasteiger partial charge in [0.05, 0.1) is 7.11 Å². The van der Waals surface area contributed by atoms with Gasteiger partial charge in [-0.25, -0.2) is 4.98 Å². The lowest BCUT2D eigenvalue weighted by molar-refractivity contribution is 0.419. The van der Waals surface area contributed by atoms with Crippen LogP contribution in [-0.2, 0) is 0 Å². The fraction of sp³-hybridized carbons (Fsp3) is 0.0909. The summed E-state index contributed by atoms with van der Waals surface area (Å²) in [5.41, 5.74) is 7.26. The number of methoxy groups -OCH3 is 1. The van der Waals surface area contributed by atoms with E-state index >= 15 is 0 Å². The molecule has 1 aromatic heterocycles. The van der Waals surface area contributed by atoms with Crippen LogP contribution in [0.15, 0.2) is 24.3 Å². The molecule has 0 amide bonds. The van der Waals surface area contributed by atoms with Gasteiger partial charge in [-0.1, -0.05) is 12.1 Å². The zero-order chi connectivity index (χ0) is 10.8. The largest absolute Gasteiger partial charge is 0.494 e. The van der Waals surface area contributed by atoms with Crippen molar-refractivity contribution in [1.29, 1.82) is 5.26 Å². The number of benzene rings is 1. The Morgan fingerprint density at radius 3 is 2.93 bits per heavy atom. The number of para-hydroxylation sites is 1. The quantitative estimate of drug-likeness (QED) is 0.758. The molecule has 0 atom stereocenters. The van der Waals surface area contributed by atoms with Crippen LogP contribution in [0.5, 0.6) is 5.75 Å². The third kappa shape index (κ3) is 1.44. The Balaban J connectivity index is 2.87. The molecule has 74 valence electrons. The van der Waals surface area contributed by atoms with Crippen molar-refractivity contribution in [3.8, 4) is 11.8 Å². The lowest BCUT2D eigenvalue weighted by atomic mass is 10.1. The predicted molar refractivity (Wildman–Crippen MR) is 57.4 cm³/mol. The Labute approximate surface area is 86.9 Å². The molecule has 0 saturated heterocycles. The van der Waals surface area contributed by atoms with Crippen molar-refractivity contribution in [2.75, 3.05) is 12.8 Å². The normalized spacial score (nSPS) is 9.87. The van der Waals surface area contributed by atoms with E-state index in [9.17, 15) is 0 Å². The van der Waals surface area contributed by atoms with Gasteiger partial charge in [0, 0.05) is 11.1 Å². The summed E-state index contributed by atoms with van der Waals surface area (Å²) < 4.78 is 5.15. The van der Waals surface area contributed by atoms with E-state index in [-0.39, 0.29) is 0 Å². The van der Waals surface area contributed by atoms with Crippen LogP contribution in [0.4, 0.5) is 5.69 Å². The molecular weight excluding hydrogens is 190 g/mol. The van der Waals surface area contributed by atoms with Crippen molar-refractivity contribution in [2.45, 2.75) is 0 Å². The van der Waals surface area contributed by atoms with E-state index in [1.54, 1.807) is 19.2 Å². The van der Waals surface area contributed by atoms with Crippen LogP contribution in [0, 0.1) is 11.3 Å². The molecule has 1 aromatic carbocycles. The third-order valence-corrected chi connectivity index (χ3v) is 2.17. The second-order valence-electron chi connectivity index (χ2n) is 3.06. The van der Waals surface area contributed by atoms with E-state index in [4.69, 9.17) is 15.7 Å². The highest BCUT2D eigenvalue weighted by Crippen LogP contribution is 2.27. The van der Waals surface area contributed by atoms with Crippen LogP contribution in [-0.4, -0.2) is 12.1 Å². The maximum absolute atomic E-state index is 8.78. The van der Waals surface area contributed by atoms with Crippen LogP contribution in [0.1, 0.15) is 5.69 Å². The second-order valence-corrected chi connectivity index (χ2v) is 3.06. The number of nitrogen functional groups attached to an aromatic ring is 1. The summed E-state index contributed by atoms with van der Waals surface area (Å²) in [5.74, 6) is 0.622. The van der Waals surface area contributed by atoms with Crippen LogP contribution < -0.4 is 10.5 Å². The van der Waals surface area contributed by atoms with Crippen LogP contribution in [0.2, 0.25) is 0 Å². The standard InChI is InChI=1S/C11H9N3O/c1-15-10-4-2-3-8-9(13)5-7(6-12)14-11(8)10/h2-5H,1H3,(H2,13,14). The summed E-state index contributed by atoms with van der Waals surface area (Å²) in [4.78, 5) is 4.16. The molecule has 1 heterocycles. The summed E-state index contributed by atoms with van der Waals surface area (Å²) in [6, 6.07) is 9.00. The highest BCUT2D eigenvalue weighted by atomic mass is 16.5. The highest BCUT2D eigenvalue weighted by Gasteiger charge is 2.07. The molecule has 2 N–H and O–H groups in total. The maximum Gasteiger partial charge on any atom is 0.145 e. The van der Waals surface area contributed by atoms with Gasteiger partial charge in [-0.2, -0.15) is 5.26 Å². The van der Waals surface area contributed by atoms with Gasteiger partial charge in [0.15, 0.2) is 0 Å². The van der Waals surface area contributed by atoms with Gasteiger partial charge in [0.2, 0.25) is 0 Å². The van der Waals surface area contributed by atoms with E-state index in [0.717, 1.165) is 5.39 Å². The zero-order valence-electron chi connectivity index (χ0n) is 8.19. The fourth-order valence-corrected chi connectivity index (χ4v) is 1.47. The first-order valence-corrected chi connectivity index (χ1v) is 4.39. The van der Waals surface area contributed by atoms with Crippen molar-refractivity contribution >= 4 is 16.6 Å². The lowest BCUT2D eigenvalue weighted by Gasteiger charge is -2.06. The first kappa shape index (κ1) is 9.28. The number of nitrogens with zero attached hydrogens (tertiary/aromatic N) is 2. The van der Waals surface area contributed by atoms with Crippen molar-refractivity contribution in [2.24, 2.45) is 0 Å². The monoisotopic (exact) mass is 199 g/mol. The van der Waals surface area contributed by atoms with Crippen LogP contribution >= 0.6 is 0 Å². The van der Waals surface area contributed by atoms with Crippen molar-refractivity contribution in [3.05, 3.63) is 30.0 Å². The van der Waals surface area contributed by atoms with Crippen molar-refractivity contribution < 1.29 is 4.74 Å². The van der Waals surface area contributed by atoms with E-state index in [1.807, 2.05) is 18.2 Å². The minimum absolute atomic E-state index is 0.296. The van der Waals surface area contributed by atoms with Crippen molar-refractivity contribution in [1.82, 2.24) is 4.98 Å². The van der Waals surface area contributed by atoms with Gasteiger partial charge in [0.1, 0.15) is 23.0 Å². The first-order valence-electron chi connectivity index (χ1n) is 4.39. The molecule has 15 heavy (non-hydrogen) atoms. The van der Waals surface area contributed by atoms with Gasteiger partial charge in [-0.3, -0.25) is 0 Å². The van der Waals surface area contributed by atoms with E-state index in [1.165, 1.54) is 0 Å². The average Bonchev–Trinajstić information content (AvgIpc) is 2.28. The summed E-state index contributed by atoms with van der Waals surface area (Å²) >= 11 is 0. The smallest absolute Gasteiger partial charge is 0.145 e. The Hall–Kier alpha value is -2.28. The SMILES string of the molecule is COc1cccc2c(N)cc(C#N)nc12. The zero-order valence-corrected chi connectivity index (χ0v) is 8.19. The summed E-state index contributed by atoms with van der Waals surface area (Å²) in [5, 5.41) is 9.58. The maximum atomic E-state index is 8.78. The van der Waals surface area contributed by atoms with Gasteiger partial charge in [0.25, 0.3) is 0 Å². The molecule has 4 nitrogen and oxygen atoms in total. The molecule has 0 spiro atoms. The summed E-state index contributed by atoms with van der Waals surface area (Å²) in [6.07, 6.45) is 0. The first-order chi connectivity index (χ1) is 7.26. The number of rotatable bonds is 1. The number of nitrogens with two attached hydrogens (primary N) is 1. The third-order valence-electron chi connectivity index (χ3n) is 2.17. The number of fused-ring (bicyclic) bond motifs is 1. The molecule has 0 saturated carbocycles. The molecular formula is C11H9N3O. The molecule has 0 aliphatic carbocycles. The van der Waals surface area contributed by atoms with E-state index in [0.29, 0.717) is 22.6 Å². The molecule has 2 rings (SSSR count). The minimum Gasteiger partial charge on any atom is -0.494 e. The minimum atomic E-state index is 0.296. The molecule has 0 aliphatic heterocycles. The van der Waals surface area contributed by atoms with Gasteiger partial charge in [-0.15, -0.1) is 0 Å². The number of nitriles is 1. The molecule has 0 fully saturated rings. The number of ether oxygens (including phenoxy) is 1. The molecule has 0 unspecified atom stereocenters. The topological polar surface area (TPSA) is 71.9 Å². The van der Waals surface area contributed by atoms with Gasteiger partial charge in [-0.05, 0) is 12.1 Å². The Morgan fingerprint density at radius 1 is 1.47 bits per heavy atom. The van der Waals surface area contributed by atoms with Gasteiger partial charge < -0.3 is 10.5 Å². The summed E-state index contributed by atoms with van der Waals surface area (Å²) in [7, 11) is 1.56. The highest BCUT2D eigenvalue weighted by molar-refractivity contribution is 5.94. The molecule has 0 aliphatic rings. The lowest BCUT2D eigenvalue weighted by Crippen LogP contribution is -1.95. The van der Waals surface area contributed by atoms with Crippen LogP contribution in [0.3, 0.4) is 0 Å². The Morgan fingerprint density at radius 2 is 2.27 bits per heavy atom. The predicted octanol–water partition coefficient (Wildman–Crippen LogP) is 1.70. The van der Waals surface area contributed by atoms with Crippen LogP contribution in [0.25, 0.3) is 10.9 Å².